The SMILES string of the molecule is CCCCC(CC)[CH2][Ge]1([CH2]C(CC)CCCC)[c]2c[c]([Sn]([CH3])([CH3])[CH3])[se]c2-c2[se][c]([Sn]([CH3])([CH3])[CH3])c[c]21. The molecule has 0 bridgehead atoms. The molecule has 2 aromatic rings. The summed E-state index contributed by atoms with van der Waals surface area (Å²) in [6.07, 6.45) is 11.4. The van der Waals surface area contributed by atoms with Crippen molar-refractivity contribution in [2.75, 3.05) is 0 Å². The fourth-order valence-corrected chi connectivity index (χ4v) is 49.0. The second-order valence-corrected chi connectivity index (χ2v) is 59.8. The van der Waals surface area contributed by atoms with Gasteiger partial charge in [0.25, 0.3) is 0 Å². The van der Waals surface area contributed by atoms with Crippen molar-refractivity contribution in [3.8, 4) is 8.87 Å². The Bertz CT molecular complexity index is 882. The molecule has 3 rings (SSSR count). The van der Waals surface area contributed by atoms with Gasteiger partial charge in [-0.2, -0.15) is 0 Å². The molecule has 0 amide bonds. The van der Waals surface area contributed by atoms with E-state index in [0.29, 0.717) is 29.0 Å². The van der Waals surface area contributed by atoms with Gasteiger partial charge in [0.2, 0.25) is 0 Å². The number of hydrogen-bond donors (Lipinski definition) is 0. The van der Waals surface area contributed by atoms with Crippen LogP contribution in [0.5, 0.6) is 0 Å². The zero-order valence-electron chi connectivity index (χ0n) is 24.7. The summed E-state index contributed by atoms with van der Waals surface area (Å²) in [6, 6.07) is 5.90. The fourth-order valence-electron chi connectivity index (χ4n) is 6.11. The summed E-state index contributed by atoms with van der Waals surface area (Å²) < 4.78 is 12.2. The first-order valence-corrected chi connectivity index (χ1v) is 43.2. The molecular formula is C30H54GeSe2Sn2. The maximum atomic E-state index is 2.95. The Morgan fingerprint density at radius 1 is 0.657 bits per heavy atom. The topological polar surface area (TPSA) is 0 Å². The van der Waals surface area contributed by atoms with Gasteiger partial charge in [-0.15, -0.1) is 0 Å². The first-order valence-electron chi connectivity index (χ1n) is 14.7. The van der Waals surface area contributed by atoms with Crippen LogP contribution in [0.1, 0.15) is 79.1 Å². The summed E-state index contributed by atoms with van der Waals surface area (Å²) in [5.74, 6) is 1.93. The molecule has 2 atom stereocenters. The molecule has 3 heterocycles. The van der Waals surface area contributed by atoms with Crippen molar-refractivity contribution in [1.29, 1.82) is 0 Å². The maximum absolute atomic E-state index is 2.95. The van der Waals surface area contributed by atoms with Gasteiger partial charge in [0, 0.05) is 0 Å². The van der Waals surface area contributed by atoms with Gasteiger partial charge in [-0.25, -0.2) is 0 Å². The van der Waals surface area contributed by atoms with E-state index in [-0.39, 0.29) is 0 Å². The molecule has 2 aromatic heterocycles. The van der Waals surface area contributed by atoms with E-state index in [0.717, 1.165) is 11.8 Å². The number of hydrogen-bond acceptors (Lipinski definition) is 0. The third-order valence-electron chi connectivity index (χ3n) is 8.54. The summed E-state index contributed by atoms with van der Waals surface area (Å²) >= 11 is -5.13. The van der Waals surface area contributed by atoms with Crippen LogP contribution in [0.3, 0.4) is 0 Å². The second kappa shape index (κ2) is 13.2. The van der Waals surface area contributed by atoms with Gasteiger partial charge in [0.05, 0.1) is 0 Å². The third-order valence-corrected chi connectivity index (χ3v) is 55.8. The Kier molecular flexibility index (Phi) is 11.9. The molecule has 0 nitrogen and oxygen atoms in total. The Morgan fingerprint density at radius 3 is 1.31 bits per heavy atom. The van der Waals surface area contributed by atoms with Crippen molar-refractivity contribution in [2.45, 2.75) is 119 Å². The molecule has 0 saturated carbocycles. The molecule has 1 aliphatic heterocycles. The first-order chi connectivity index (χ1) is 16.4. The van der Waals surface area contributed by atoms with Crippen LogP contribution in [-0.4, -0.2) is 79.0 Å². The van der Waals surface area contributed by atoms with E-state index in [1.807, 2.05) is 13.8 Å². The van der Waals surface area contributed by atoms with E-state index in [4.69, 9.17) is 0 Å². The molecule has 198 valence electrons. The average molecular weight is 883 g/mol. The summed E-state index contributed by atoms with van der Waals surface area (Å²) in [5.41, 5.74) is 0. The molecule has 5 heteroatoms. The molecule has 35 heavy (non-hydrogen) atoms. The Balaban J connectivity index is 2.23. The Morgan fingerprint density at radius 2 is 1.03 bits per heavy atom. The van der Waals surface area contributed by atoms with E-state index < -0.39 is 50.0 Å². The molecule has 0 radical (unpaired) electrons. The molecule has 0 aromatic carbocycles. The van der Waals surface area contributed by atoms with Crippen molar-refractivity contribution >= 4 is 92.7 Å². The van der Waals surface area contributed by atoms with Gasteiger partial charge in [-0.05, 0) is 0 Å². The minimum absolute atomic E-state index is 0.673. The van der Waals surface area contributed by atoms with Crippen molar-refractivity contribution < 1.29 is 0 Å². The van der Waals surface area contributed by atoms with Crippen molar-refractivity contribution in [1.82, 2.24) is 0 Å². The molecule has 0 saturated heterocycles. The molecule has 0 fully saturated rings. The molecular weight excluding hydrogens is 828 g/mol. The van der Waals surface area contributed by atoms with Crippen LogP contribution in [0, 0.1) is 11.8 Å². The molecule has 0 N–H and O–H groups in total. The van der Waals surface area contributed by atoms with Gasteiger partial charge in [0.1, 0.15) is 0 Å². The van der Waals surface area contributed by atoms with E-state index in [1.165, 1.54) is 51.4 Å². The van der Waals surface area contributed by atoms with E-state index >= 15 is 0 Å². The van der Waals surface area contributed by atoms with Crippen LogP contribution in [0.15, 0.2) is 12.1 Å². The normalized spacial score (nSPS) is 16.9. The predicted molar refractivity (Wildman–Crippen MR) is 173 cm³/mol. The van der Waals surface area contributed by atoms with Crippen LogP contribution < -0.4 is 13.7 Å². The van der Waals surface area contributed by atoms with Gasteiger partial charge < -0.3 is 0 Å². The van der Waals surface area contributed by atoms with Crippen LogP contribution >= 0.6 is 0 Å². The first kappa shape index (κ1) is 31.7. The van der Waals surface area contributed by atoms with Gasteiger partial charge in [-0.3, -0.25) is 0 Å². The van der Waals surface area contributed by atoms with E-state index in [1.54, 1.807) is 10.5 Å². The summed E-state index contributed by atoms with van der Waals surface area (Å²) in [4.78, 5) is 16.1. The van der Waals surface area contributed by atoms with Crippen LogP contribution in [0.4, 0.5) is 0 Å². The number of rotatable bonds is 14. The van der Waals surface area contributed by atoms with Crippen LogP contribution in [0.2, 0.25) is 40.1 Å². The van der Waals surface area contributed by atoms with Gasteiger partial charge in [0.15, 0.2) is 0 Å². The zero-order valence-corrected chi connectivity index (χ0v) is 35.9. The summed E-state index contributed by atoms with van der Waals surface area (Å²) in [5, 5.41) is 3.24. The van der Waals surface area contributed by atoms with Crippen LogP contribution in [0.25, 0.3) is 8.87 Å². The van der Waals surface area contributed by atoms with Crippen LogP contribution in [-0.2, 0) is 0 Å². The van der Waals surface area contributed by atoms with Crippen molar-refractivity contribution in [3.05, 3.63) is 12.1 Å². The standard InChI is InChI=1S/C24H36GeSe2.6CH3.2Sn/c1-5-9-11-19(7-3)17-25(18-20(8-4)12-10-6-2)21-13-15-26-23(21)24-22(25)14-16-27-24;;;;;;;;/h13-14,19-20H,5-12,17-18H2,1-4H3;6*1H3;;. The molecule has 1 aliphatic rings. The predicted octanol–water partition coefficient (Wildman–Crippen LogP) is 6.87. The molecule has 2 unspecified atom stereocenters. The average Bonchev–Trinajstić information content (AvgIpc) is 3.47. The number of fused-ring (bicyclic) bond motifs is 3. The second-order valence-electron chi connectivity index (χ2n) is 13.5. The summed E-state index contributed by atoms with van der Waals surface area (Å²) in [6.45, 7) is 9.82. The third kappa shape index (κ3) is 7.27. The monoisotopic (exact) mass is 888 g/mol. The molecule has 0 spiro atoms. The molecule has 0 aliphatic carbocycles. The van der Waals surface area contributed by atoms with E-state index in [2.05, 4.69) is 78.3 Å². The Hall–Kier alpha value is 2.14. The minimum atomic E-state index is -2.41. The quantitative estimate of drug-likeness (QED) is 0.182. The van der Waals surface area contributed by atoms with Gasteiger partial charge in [-0.1, -0.05) is 0 Å². The fraction of sp³-hybridized carbons (Fsp3) is 0.733. The number of unbranched alkanes of at least 4 members (excludes halogenated alkanes) is 2. The van der Waals surface area contributed by atoms with Gasteiger partial charge >= 0.3 is 245 Å². The summed E-state index contributed by atoms with van der Waals surface area (Å²) in [7, 11) is 0. The van der Waals surface area contributed by atoms with E-state index in [9.17, 15) is 0 Å². The van der Waals surface area contributed by atoms with Crippen molar-refractivity contribution in [2.24, 2.45) is 11.8 Å². The van der Waals surface area contributed by atoms with Crippen molar-refractivity contribution in [3.63, 3.8) is 0 Å². The Labute approximate surface area is 241 Å². The zero-order chi connectivity index (χ0) is 26.0.